The molecule has 6 nitrogen and oxygen atoms in total. The number of carbonyl (C=O) groups is 1. The second-order valence-corrected chi connectivity index (χ2v) is 6.95. The van der Waals surface area contributed by atoms with Crippen molar-refractivity contribution in [2.24, 2.45) is 0 Å². The molecule has 0 saturated carbocycles. The molecule has 0 bridgehead atoms. The molecule has 1 atom stereocenters. The second-order valence-electron chi connectivity index (χ2n) is 5.38. The number of likely N-dealkylation sites (N-methyl/N-ethyl adjacent to an activating group) is 1. The standard InChI is InChI=1S/C18H20NO5P.2Na/c1-19(17(20)13-8-14-6-4-3-5-7-14)18(25(21,22)23)15-9-11-16(24-2)12-10-15;;/h3-13,18H,1-2H3,(H2,21,22,23);;/q;2*+1/p-2. The van der Waals surface area contributed by atoms with Crippen LogP contribution in [-0.4, -0.2) is 25.0 Å². The van der Waals surface area contributed by atoms with Crippen LogP contribution in [0.3, 0.4) is 0 Å². The molecule has 1 unspecified atom stereocenters. The van der Waals surface area contributed by atoms with Crippen LogP contribution >= 0.6 is 7.60 Å². The van der Waals surface area contributed by atoms with Crippen LogP contribution in [0.15, 0.2) is 60.7 Å². The van der Waals surface area contributed by atoms with E-state index in [1.807, 2.05) is 18.2 Å². The molecule has 0 N–H and O–H groups in total. The smallest absolute Gasteiger partial charge is 0.809 e. The van der Waals surface area contributed by atoms with Gasteiger partial charge in [-0.2, -0.15) is 0 Å². The van der Waals surface area contributed by atoms with Gasteiger partial charge in [0, 0.05) is 13.1 Å². The molecular weight excluding hydrogens is 387 g/mol. The van der Waals surface area contributed by atoms with Gasteiger partial charge in [-0.1, -0.05) is 42.5 Å². The maximum absolute atomic E-state index is 12.3. The number of amides is 1. The number of ether oxygens (including phenoxy) is 1. The fourth-order valence-electron chi connectivity index (χ4n) is 2.36. The maximum atomic E-state index is 12.3. The van der Waals surface area contributed by atoms with Crippen molar-refractivity contribution in [3.05, 3.63) is 71.8 Å². The van der Waals surface area contributed by atoms with Crippen molar-refractivity contribution in [2.75, 3.05) is 14.2 Å². The van der Waals surface area contributed by atoms with Crippen LogP contribution in [0.2, 0.25) is 0 Å². The van der Waals surface area contributed by atoms with Crippen LogP contribution in [0, 0.1) is 0 Å². The van der Waals surface area contributed by atoms with E-state index in [0.29, 0.717) is 5.75 Å². The average molecular weight is 405 g/mol. The van der Waals surface area contributed by atoms with Gasteiger partial charge in [-0.25, -0.2) is 0 Å². The fraction of sp³-hybridized carbons (Fsp3) is 0.167. The first-order chi connectivity index (χ1) is 11.8. The molecule has 0 aliphatic carbocycles. The van der Waals surface area contributed by atoms with Crippen LogP contribution in [0.5, 0.6) is 5.75 Å². The number of carbonyl (C=O) groups excluding carboxylic acids is 1. The Hall–Kier alpha value is -0.400. The first kappa shape index (κ1) is 26.6. The summed E-state index contributed by atoms with van der Waals surface area (Å²) in [6, 6.07) is 15.1. The van der Waals surface area contributed by atoms with Gasteiger partial charge < -0.3 is 24.0 Å². The van der Waals surface area contributed by atoms with E-state index in [1.54, 1.807) is 18.2 Å². The summed E-state index contributed by atoms with van der Waals surface area (Å²) >= 11 is 0. The summed E-state index contributed by atoms with van der Waals surface area (Å²) in [5.74, 6) is -1.66. The number of hydrogen-bond acceptors (Lipinski definition) is 5. The monoisotopic (exact) mass is 405 g/mol. The quantitative estimate of drug-likeness (QED) is 0.276. The van der Waals surface area contributed by atoms with Crippen molar-refractivity contribution in [1.29, 1.82) is 0 Å². The van der Waals surface area contributed by atoms with E-state index in [2.05, 4.69) is 0 Å². The SMILES string of the molecule is COc1ccc(C(N(C)C(=O)C=Cc2ccccc2)P(=O)([O-])[O-])cc1.[Na+].[Na+]. The Balaban J connectivity index is 0.00000338. The molecular formula is C18H18NNa2O5P. The Morgan fingerprint density at radius 3 is 2.11 bits per heavy atom. The number of nitrogens with zero attached hydrogens (tertiary/aromatic N) is 1. The van der Waals surface area contributed by atoms with E-state index < -0.39 is 19.3 Å². The van der Waals surface area contributed by atoms with Crippen molar-refractivity contribution in [3.63, 3.8) is 0 Å². The Labute approximate surface area is 203 Å². The van der Waals surface area contributed by atoms with Crippen molar-refractivity contribution >= 4 is 19.6 Å². The average Bonchev–Trinajstić information content (AvgIpc) is 2.60. The molecule has 1 amide bonds. The molecule has 2 aromatic carbocycles. The molecule has 0 spiro atoms. The molecule has 132 valence electrons. The molecule has 0 saturated heterocycles. The predicted molar refractivity (Wildman–Crippen MR) is 91.6 cm³/mol. The zero-order valence-corrected chi connectivity index (χ0v) is 20.8. The van der Waals surface area contributed by atoms with E-state index in [1.165, 1.54) is 44.5 Å². The molecule has 27 heavy (non-hydrogen) atoms. The van der Waals surface area contributed by atoms with Crippen molar-refractivity contribution in [2.45, 2.75) is 5.78 Å². The van der Waals surface area contributed by atoms with Gasteiger partial charge in [0.1, 0.15) is 5.75 Å². The largest absolute Gasteiger partial charge is 1.00 e. The maximum Gasteiger partial charge on any atom is 1.00 e. The normalized spacial score (nSPS) is 11.9. The van der Waals surface area contributed by atoms with Gasteiger partial charge in [-0.3, -0.25) is 4.79 Å². The fourth-order valence-corrected chi connectivity index (χ4v) is 3.44. The molecule has 0 aliphatic rings. The van der Waals surface area contributed by atoms with Gasteiger partial charge in [0.2, 0.25) is 5.91 Å². The van der Waals surface area contributed by atoms with E-state index in [-0.39, 0.29) is 64.7 Å². The zero-order valence-electron chi connectivity index (χ0n) is 15.9. The van der Waals surface area contributed by atoms with Gasteiger partial charge in [0.05, 0.1) is 12.9 Å². The molecule has 0 aliphatic heterocycles. The van der Waals surface area contributed by atoms with E-state index >= 15 is 0 Å². The first-order valence-electron chi connectivity index (χ1n) is 7.48. The summed E-state index contributed by atoms with van der Waals surface area (Å²) in [6.07, 6.45) is 2.80. The predicted octanol–water partition coefficient (Wildman–Crippen LogP) is -4.21. The molecule has 0 aromatic heterocycles. The minimum absolute atomic E-state index is 0. The van der Waals surface area contributed by atoms with Gasteiger partial charge in [-0.05, 0) is 36.9 Å². The summed E-state index contributed by atoms with van der Waals surface area (Å²) in [4.78, 5) is 36.7. The number of hydrogen-bond donors (Lipinski definition) is 0. The molecule has 0 fully saturated rings. The van der Waals surface area contributed by atoms with Crippen molar-refractivity contribution in [1.82, 2.24) is 4.90 Å². The van der Waals surface area contributed by atoms with Gasteiger partial charge in [0.25, 0.3) is 0 Å². The molecule has 0 radical (unpaired) electrons. The van der Waals surface area contributed by atoms with E-state index in [4.69, 9.17) is 4.74 Å². The topological polar surface area (TPSA) is 92.7 Å². The van der Waals surface area contributed by atoms with Gasteiger partial charge in [0.15, 0.2) is 0 Å². The minimum atomic E-state index is -5.10. The van der Waals surface area contributed by atoms with Crippen LogP contribution in [-0.2, 0) is 9.36 Å². The Morgan fingerprint density at radius 2 is 1.63 bits per heavy atom. The number of benzene rings is 2. The second kappa shape index (κ2) is 12.2. The number of methoxy groups -OCH3 is 1. The summed E-state index contributed by atoms with van der Waals surface area (Å²) in [5, 5.41) is 0. The van der Waals surface area contributed by atoms with Crippen molar-refractivity contribution < 1.29 is 83.0 Å². The first-order valence-corrected chi connectivity index (χ1v) is 9.09. The molecule has 0 heterocycles. The van der Waals surface area contributed by atoms with Crippen LogP contribution in [0.25, 0.3) is 6.08 Å². The minimum Gasteiger partial charge on any atom is -0.809 e. The van der Waals surface area contributed by atoms with Gasteiger partial charge >= 0.3 is 59.1 Å². The van der Waals surface area contributed by atoms with E-state index in [9.17, 15) is 19.1 Å². The Bertz CT molecular complexity index is 793. The summed E-state index contributed by atoms with van der Waals surface area (Å²) < 4.78 is 16.7. The Morgan fingerprint density at radius 1 is 1.07 bits per heavy atom. The third-order valence-electron chi connectivity index (χ3n) is 3.65. The summed E-state index contributed by atoms with van der Waals surface area (Å²) in [6.45, 7) is 0. The molecule has 2 aromatic rings. The van der Waals surface area contributed by atoms with Gasteiger partial charge in [-0.15, -0.1) is 0 Å². The summed E-state index contributed by atoms with van der Waals surface area (Å²) in [5.41, 5.74) is 0.996. The third kappa shape index (κ3) is 7.86. The molecule has 2 rings (SSSR count). The molecule has 9 heteroatoms. The zero-order chi connectivity index (χ0) is 18.4. The van der Waals surface area contributed by atoms with Crippen LogP contribution in [0.4, 0.5) is 0 Å². The van der Waals surface area contributed by atoms with Crippen molar-refractivity contribution in [3.8, 4) is 5.75 Å². The number of rotatable bonds is 6. The summed E-state index contributed by atoms with van der Waals surface area (Å²) in [7, 11) is -2.34. The van der Waals surface area contributed by atoms with E-state index in [0.717, 1.165) is 10.5 Å². The Kier molecular flexibility index (Phi) is 12.0. The van der Waals surface area contributed by atoms with Crippen LogP contribution < -0.4 is 73.6 Å². The third-order valence-corrected chi connectivity index (χ3v) is 4.89. The van der Waals surface area contributed by atoms with Crippen LogP contribution in [0.1, 0.15) is 16.9 Å².